The highest BCUT2D eigenvalue weighted by molar-refractivity contribution is 5.88. The van der Waals surface area contributed by atoms with Gasteiger partial charge in [0.15, 0.2) is 0 Å². The van der Waals surface area contributed by atoms with Gasteiger partial charge in [0.05, 0.1) is 6.10 Å². The maximum absolute atomic E-state index is 11.8. The first kappa shape index (κ1) is 14.2. The van der Waals surface area contributed by atoms with Crippen molar-refractivity contribution in [1.29, 1.82) is 0 Å². The van der Waals surface area contributed by atoms with Gasteiger partial charge in [0.25, 0.3) is 0 Å². The van der Waals surface area contributed by atoms with Gasteiger partial charge in [-0.25, -0.2) is 0 Å². The van der Waals surface area contributed by atoms with Crippen LogP contribution in [-0.2, 0) is 4.79 Å². The molecule has 1 aliphatic carbocycles. The standard InChI is InChI=1S/C14H25NO2/c1-10(14(2,3)4)9-13(17)15-11-5-7-12(16)8-6-11/h9,11-12,16H,5-8H2,1-4H3,(H,15,17). The summed E-state index contributed by atoms with van der Waals surface area (Å²) in [6.07, 6.45) is 4.89. The summed E-state index contributed by atoms with van der Waals surface area (Å²) < 4.78 is 0. The van der Waals surface area contributed by atoms with Gasteiger partial charge < -0.3 is 10.4 Å². The van der Waals surface area contributed by atoms with Gasteiger partial charge in [0.1, 0.15) is 0 Å². The van der Waals surface area contributed by atoms with E-state index < -0.39 is 0 Å². The molecule has 1 fully saturated rings. The van der Waals surface area contributed by atoms with Crippen LogP contribution in [0.2, 0.25) is 0 Å². The van der Waals surface area contributed by atoms with Crippen LogP contribution in [0.1, 0.15) is 53.4 Å². The molecule has 0 aromatic heterocycles. The molecule has 0 unspecified atom stereocenters. The molecule has 0 saturated heterocycles. The number of aliphatic hydroxyl groups excluding tert-OH is 1. The molecule has 0 aromatic carbocycles. The largest absolute Gasteiger partial charge is 0.393 e. The normalized spacial score (nSPS) is 26.8. The minimum absolute atomic E-state index is 0.00110. The highest BCUT2D eigenvalue weighted by Crippen LogP contribution is 2.24. The Morgan fingerprint density at radius 1 is 1.24 bits per heavy atom. The number of aliphatic hydroxyl groups is 1. The maximum Gasteiger partial charge on any atom is 0.244 e. The number of allylic oxidation sites excluding steroid dienone is 1. The molecule has 17 heavy (non-hydrogen) atoms. The van der Waals surface area contributed by atoms with Crippen LogP contribution in [0.15, 0.2) is 11.6 Å². The van der Waals surface area contributed by atoms with Gasteiger partial charge in [-0.2, -0.15) is 0 Å². The minimum Gasteiger partial charge on any atom is -0.393 e. The van der Waals surface area contributed by atoms with E-state index in [1.807, 2.05) is 6.92 Å². The molecular formula is C14H25NO2. The van der Waals surface area contributed by atoms with Crippen molar-refractivity contribution < 1.29 is 9.90 Å². The van der Waals surface area contributed by atoms with E-state index >= 15 is 0 Å². The second-order valence-corrected chi connectivity index (χ2v) is 6.09. The van der Waals surface area contributed by atoms with Crippen molar-refractivity contribution in [2.75, 3.05) is 0 Å². The summed E-state index contributed by atoms with van der Waals surface area (Å²) in [5, 5.41) is 12.4. The lowest BCUT2D eigenvalue weighted by Crippen LogP contribution is -2.38. The van der Waals surface area contributed by atoms with Crippen LogP contribution in [0.3, 0.4) is 0 Å². The van der Waals surface area contributed by atoms with Crippen molar-refractivity contribution in [3.63, 3.8) is 0 Å². The Labute approximate surface area is 104 Å². The second-order valence-electron chi connectivity index (χ2n) is 6.09. The molecule has 2 N–H and O–H groups in total. The van der Waals surface area contributed by atoms with Crippen LogP contribution in [-0.4, -0.2) is 23.2 Å². The molecule has 1 saturated carbocycles. The van der Waals surface area contributed by atoms with Crippen molar-refractivity contribution in [3.05, 3.63) is 11.6 Å². The molecule has 0 aromatic rings. The smallest absolute Gasteiger partial charge is 0.244 e. The predicted octanol–water partition coefficient (Wildman–Crippen LogP) is 2.40. The molecule has 0 bridgehead atoms. The zero-order valence-corrected chi connectivity index (χ0v) is 11.4. The zero-order valence-electron chi connectivity index (χ0n) is 11.4. The molecule has 3 nitrogen and oxygen atoms in total. The summed E-state index contributed by atoms with van der Waals surface area (Å²) in [5.41, 5.74) is 1.13. The SMILES string of the molecule is CC(=CC(=O)NC1CCC(O)CC1)C(C)(C)C. The molecule has 0 aliphatic heterocycles. The van der Waals surface area contributed by atoms with E-state index in [0.717, 1.165) is 31.3 Å². The maximum atomic E-state index is 11.8. The van der Waals surface area contributed by atoms with E-state index in [-0.39, 0.29) is 23.5 Å². The lowest BCUT2D eigenvalue weighted by molar-refractivity contribution is -0.117. The minimum atomic E-state index is -0.171. The fourth-order valence-electron chi connectivity index (χ4n) is 1.88. The topological polar surface area (TPSA) is 49.3 Å². The van der Waals surface area contributed by atoms with Crippen molar-refractivity contribution in [3.8, 4) is 0 Å². The van der Waals surface area contributed by atoms with Crippen LogP contribution in [0.5, 0.6) is 0 Å². The van der Waals surface area contributed by atoms with E-state index in [0.29, 0.717) is 0 Å². The molecule has 3 heteroatoms. The molecule has 98 valence electrons. The summed E-state index contributed by atoms with van der Waals surface area (Å²) in [5.74, 6) is -0.00110. The summed E-state index contributed by atoms with van der Waals surface area (Å²) in [7, 11) is 0. The van der Waals surface area contributed by atoms with Gasteiger partial charge in [-0.15, -0.1) is 0 Å². The number of amides is 1. The number of carbonyl (C=O) groups excluding carboxylic acids is 1. The van der Waals surface area contributed by atoms with Crippen molar-refractivity contribution in [2.24, 2.45) is 5.41 Å². The van der Waals surface area contributed by atoms with E-state index in [9.17, 15) is 9.90 Å². The Morgan fingerprint density at radius 2 is 1.76 bits per heavy atom. The molecular weight excluding hydrogens is 214 g/mol. The van der Waals surface area contributed by atoms with Crippen LogP contribution in [0, 0.1) is 5.41 Å². The van der Waals surface area contributed by atoms with Gasteiger partial charge in [-0.05, 0) is 38.0 Å². The average Bonchev–Trinajstić information content (AvgIpc) is 2.20. The summed E-state index contributed by atoms with van der Waals surface area (Å²) in [6.45, 7) is 8.29. The lowest BCUT2D eigenvalue weighted by atomic mass is 9.87. The number of nitrogens with one attached hydrogen (secondary N) is 1. The summed E-state index contributed by atoms with van der Waals surface area (Å²) in [4.78, 5) is 11.8. The summed E-state index contributed by atoms with van der Waals surface area (Å²) >= 11 is 0. The second kappa shape index (κ2) is 5.67. The van der Waals surface area contributed by atoms with Gasteiger partial charge in [0.2, 0.25) is 5.91 Å². The number of rotatable bonds is 2. The number of hydrogen-bond donors (Lipinski definition) is 2. The Morgan fingerprint density at radius 3 is 2.24 bits per heavy atom. The van der Waals surface area contributed by atoms with Gasteiger partial charge in [-0.1, -0.05) is 26.3 Å². The molecule has 1 amide bonds. The molecule has 0 radical (unpaired) electrons. The molecule has 1 aliphatic rings. The fraction of sp³-hybridized carbons (Fsp3) is 0.786. The Kier molecular flexibility index (Phi) is 4.75. The Bertz CT molecular complexity index is 294. The van der Waals surface area contributed by atoms with Gasteiger partial charge in [0, 0.05) is 12.1 Å². The highest BCUT2D eigenvalue weighted by atomic mass is 16.3. The lowest BCUT2D eigenvalue weighted by Gasteiger charge is -2.26. The third-order valence-corrected chi connectivity index (χ3v) is 3.57. The quantitative estimate of drug-likeness (QED) is 0.727. The van der Waals surface area contributed by atoms with Gasteiger partial charge in [-0.3, -0.25) is 4.79 Å². The van der Waals surface area contributed by atoms with Crippen molar-refractivity contribution in [2.45, 2.75) is 65.5 Å². The first-order valence-corrected chi connectivity index (χ1v) is 6.46. The van der Waals surface area contributed by atoms with E-state index in [2.05, 4.69) is 26.1 Å². The highest BCUT2D eigenvalue weighted by Gasteiger charge is 2.21. The molecule has 1 rings (SSSR count). The molecule has 0 spiro atoms. The van der Waals surface area contributed by atoms with E-state index in [1.165, 1.54) is 0 Å². The van der Waals surface area contributed by atoms with Crippen LogP contribution in [0.4, 0.5) is 0 Å². The van der Waals surface area contributed by atoms with Gasteiger partial charge >= 0.3 is 0 Å². The van der Waals surface area contributed by atoms with Crippen molar-refractivity contribution >= 4 is 5.91 Å². The third kappa shape index (κ3) is 4.90. The molecule has 0 heterocycles. The van der Waals surface area contributed by atoms with E-state index in [1.54, 1.807) is 6.08 Å². The average molecular weight is 239 g/mol. The fourth-order valence-corrected chi connectivity index (χ4v) is 1.88. The Balaban J connectivity index is 2.45. The van der Waals surface area contributed by atoms with Crippen LogP contribution >= 0.6 is 0 Å². The Hall–Kier alpha value is -0.830. The van der Waals surface area contributed by atoms with Crippen LogP contribution < -0.4 is 5.32 Å². The predicted molar refractivity (Wildman–Crippen MR) is 69.6 cm³/mol. The van der Waals surface area contributed by atoms with Crippen molar-refractivity contribution in [1.82, 2.24) is 5.32 Å². The number of hydrogen-bond acceptors (Lipinski definition) is 2. The number of carbonyl (C=O) groups is 1. The first-order chi connectivity index (χ1) is 7.79. The first-order valence-electron chi connectivity index (χ1n) is 6.46. The zero-order chi connectivity index (χ0) is 13.1. The summed E-state index contributed by atoms with van der Waals surface area (Å²) in [6, 6.07) is 0.231. The van der Waals surface area contributed by atoms with E-state index in [4.69, 9.17) is 0 Å². The van der Waals surface area contributed by atoms with Crippen LogP contribution in [0.25, 0.3) is 0 Å². The molecule has 0 atom stereocenters. The third-order valence-electron chi connectivity index (χ3n) is 3.57. The monoisotopic (exact) mass is 239 g/mol.